The molecule has 1 atom stereocenters. The van der Waals surface area contributed by atoms with Crippen LogP contribution in [0.2, 0.25) is 0 Å². The van der Waals surface area contributed by atoms with Crippen molar-refractivity contribution in [3.63, 3.8) is 0 Å². The molecule has 2 nitrogen and oxygen atoms in total. The van der Waals surface area contributed by atoms with Gasteiger partial charge in [0.05, 0.1) is 0 Å². The zero-order valence-electron chi connectivity index (χ0n) is 4.91. The van der Waals surface area contributed by atoms with E-state index in [1.807, 2.05) is 0 Å². The maximum Gasteiger partial charge on any atom is 1.00 e. The fourth-order valence-corrected chi connectivity index (χ4v) is 0.911. The second-order valence-electron chi connectivity index (χ2n) is 1.55. The van der Waals surface area contributed by atoms with Gasteiger partial charge in [0, 0.05) is 4.90 Å². The Morgan fingerprint density at radius 3 is 2.00 bits per heavy atom. The minimum atomic E-state index is -2.08. The van der Waals surface area contributed by atoms with E-state index in [2.05, 4.69) is 0 Å². The predicted molar refractivity (Wildman–Crippen MR) is 33.6 cm³/mol. The molecule has 0 amide bonds. The Balaban J connectivity index is 0.000000810. The van der Waals surface area contributed by atoms with Gasteiger partial charge in [-0.05, 0) is 23.2 Å². The third-order valence-corrected chi connectivity index (χ3v) is 1.59. The molecule has 0 saturated carbocycles. The maximum atomic E-state index is 10.2. The Hall–Kier alpha value is 0.0703. The van der Waals surface area contributed by atoms with Crippen LogP contribution in [0.5, 0.6) is 0 Å². The first-order chi connectivity index (χ1) is 4.30. The van der Waals surface area contributed by atoms with Gasteiger partial charge in [0.25, 0.3) is 0 Å². The van der Waals surface area contributed by atoms with Gasteiger partial charge in [0.15, 0.2) is 0 Å². The Morgan fingerprint density at radius 1 is 1.20 bits per heavy atom. The summed E-state index contributed by atoms with van der Waals surface area (Å²) >= 11 is -2.08. The molecule has 1 aromatic rings. The fraction of sp³-hybridized carbons (Fsp3) is 0. The molecule has 1 unspecified atom stereocenters. The van der Waals surface area contributed by atoms with Crippen LogP contribution in [-0.4, -0.2) is 8.76 Å². The van der Waals surface area contributed by atoms with Crippen molar-refractivity contribution in [3.05, 3.63) is 30.3 Å². The Kier molecular flexibility index (Phi) is 4.85. The van der Waals surface area contributed by atoms with Crippen molar-refractivity contribution in [2.75, 3.05) is 0 Å². The second-order valence-corrected chi connectivity index (χ2v) is 2.49. The summed E-state index contributed by atoms with van der Waals surface area (Å²) < 4.78 is 20.4. The van der Waals surface area contributed by atoms with E-state index in [4.69, 9.17) is 0 Å². The van der Waals surface area contributed by atoms with Gasteiger partial charge in [-0.3, -0.25) is 4.21 Å². The molecule has 10 heavy (non-hydrogen) atoms. The van der Waals surface area contributed by atoms with Gasteiger partial charge in [-0.15, -0.1) is 0 Å². The average Bonchev–Trinajstić information content (AvgIpc) is 1.90. The maximum absolute atomic E-state index is 10.2. The molecule has 1 aromatic carbocycles. The van der Waals surface area contributed by atoms with Crippen molar-refractivity contribution < 1.29 is 31.1 Å². The van der Waals surface area contributed by atoms with Crippen molar-refractivity contribution in [2.45, 2.75) is 4.90 Å². The van der Waals surface area contributed by atoms with Crippen molar-refractivity contribution in [1.29, 1.82) is 0 Å². The molecule has 0 saturated heterocycles. The monoisotopic (exact) mass is 248 g/mol. The van der Waals surface area contributed by atoms with Crippen LogP contribution in [0.3, 0.4) is 0 Å². The molecular formula is C6H5AgO2S. The van der Waals surface area contributed by atoms with E-state index in [0.29, 0.717) is 4.90 Å². The zero-order valence-corrected chi connectivity index (χ0v) is 7.21. The largest absolute Gasteiger partial charge is 1.00 e. The molecule has 0 aromatic heterocycles. The summed E-state index contributed by atoms with van der Waals surface area (Å²) in [6.07, 6.45) is 0. The molecule has 4 heteroatoms. The molecule has 0 aliphatic heterocycles. The molecule has 0 fully saturated rings. The standard InChI is InChI=1S/C6H6O2S.Ag/c7-9(8)6-4-2-1-3-5-6;/h1-5H,(H,7,8);/q;+1/p-1. The summed E-state index contributed by atoms with van der Waals surface area (Å²) in [4.78, 5) is 0.331. The summed E-state index contributed by atoms with van der Waals surface area (Å²) in [6, 6.07) is 8.23. The molecule has 0 aliphatic rings. The van der Waals surface area contributed by atoms with Gasteiger partial charge in [0.1, 0.15) is 0 Å². The minimum Gasteiger partial charge on any atom is -0.768 e. The van der Waals surface area contributed by atoms with Crippen molar-refractivity contribution in [2.24, 2.45) is 0 Å². The van der Waals surface area contributed by atoms with Crippen LogP contribution in [0.15, 0.2) is 35.2 Å². The molecule has 0 bridgehead atoms. The first-order valence-electron chi connectivity index (χ1n) is 2.45. The third-order valence-electron chi connectivity index (χ3n) is 0.936. The van der Waals surface area contributed by atoms with Crippen LogP contribution in [0, 0.1) is 0 Å². The first-order valence-corrected chi connectivity index (χ1v) is 3.52. The molecule has 58 valence electrons. The third kappa shape index (κ3) is 2.77. The Labute approximate surface area is 77.4 Å². The van der Waals surface area contributed by atoms with Crippen LogP contribution in [0.4, 0.5) is 0 Å². The van der Waals surface area contributed by atoms with Gasteiger partial charge in [0.2, 0.25) is 0 Å². The van der Waals surface area contributed by atoms with Gasteiger partial charge in [-0.2, -0.15) is 0 Å². The zero-order chi connectivity index (χ0) is 6.69. The number of benzene rings is 1. The smallest absolute Gasteiger partial charge is 0.768 e. The van der Waals surface area contributed by atoms with E-state index in [1.54, 1.807) is 30.3 Å². The van der Waals surface area contributed by atoms with Crippen LogP contribution in [0.1, 0.15) is 0 Å². The second kappa shape index (κ2) is 4.82. The number of hydrogen-bond acceptors (Lipinski definition) is 2. The van der Waals surface area contributed by atoms with E-state index < -0.39 is 11.1 Å². The molecule has 0 heterocycles. The summed E-state index contributed by atoms with van der Waals surface area (Å²) in [5, 5.41) is 0. The van der Waals surface area contributed by atoms with E-state index in [9.17, 15) is 8.76 Å². The molecule has 1 rings (SSSR count). The summed E-state index contributed by atoms with van der Waals surface area (Å²) in [5.41, 5.74) is 0. The first kappa shape index (κ1) is 10.1. The molecule has 0 N–H and O–H groups in total. The predicted octanol–water partition coefficient (Wildman–Crippen LogP) is 0.922. The van der Waals surface area contributed by atoms with Crippen molar-refractivity contribution in [3.8, 4) is 0 Å². The van der Waals surface area contributed by atoms with E-state index >= 15 is 0 Å². The number of rotatable bonds is 1. The Morgan fingerprint density at radius 2 is 1.70 bits per heavy atom. The molecule has 0 aliphatic carbocycles. The Bertz CT molecular complexity index is 212. The fourth-order valence-electron chi connectivity index (χ4n) is 0.532. The van der Waals surface area contributed by atoms with E-state index in [1.165, 1.54) is 0 Å². The van der Waals surface area contributed by atoms with E-state index in [0.717, 1.165) is 0 Å². The topological polar surface area (TPSA) is 40.1 Å². The average molecular weight is 249 g/mol. The SMILES string of the molecule is O=S([O-])c1ccccc1.[Ag+]. The minimum absolute atomic E-state index is 0. The van der Waals surface area contributed by atoms with Crippen LogP contribution in [0.25, 0.3) is 0 Å². The van der Waals surface area contributed by atoms with E-state index in [-0.39, 0.29) is 22.4 Å². The number of hydrogen-bond donors (Lipinski definition) is 0. The van der Waals surface area contributed by atoms with Gasteiger partial charge < -0.3 is 4.55 Å². The summed E-state index contributed by atoms with van der Waals surface area (Å²) in [6.45, 7) is 0. The van der Waals surface area contributed by atoms with Crippen molar-refractivity contribution in [1.82, 2.24) is 0 Å². The summed E-state index contributed by atoms with van der Waals surface area (Å²) in [7, 11) is 0. The van der Waals surface area contributed by atoms with Crippen LogP contribution in [-0.2, 0) is 33.5 Å². The van der Waals surface area contributed by atoms with Crippen molar-refractivity contribution >= 4 is 11.1 Å². The normalized spacial score (nSPS) is 11.7. The summed E-state index contributed by atoms with van der Waals surface area (Å²) in [5.74, 6) is 0. The van der Waals surface area contributed by atoms with Gasteiger partial charge in [-0.25, -0.2) is 0 Å². The van der Waals surface area contributed by atoms with Crippen LogP contribution < -0.4 is 0 Å². The molecule has 0 spiro atoms. The molecular weight excluding hydrogens is 244 g/mol. The quantitative estimate of drug-likeness (QED) is 0.548. The van der Waals surface area contributed by atoms with Gasteiger partial charge in [-0.1, -0.05) is 18.2 Å². The molecule has 0 radical (unpaired) electrons. The van der Waals surface area contributed by atoms with Gasteiger partial charge >= 0.3 is 22.4 Å². The van der Waals surface area contributed by atoms with Crippen LogP contribution >= 0.6 is 0 Å².